The Morgan fingerprint density at radius 2 is 1.79 bits per heavy atom. The third-order valence-corrected chi connectivity index (χ3v) is 8.68. The molecule has 0 spiro atoms. The Kier molecular flexibility index (Phi) is 5.68. The molecule has 3 aromatic carbocycles. The van der Waals surface area contributed by atoms with Gasteiger partial charge in [-0.1, -0.05) is 59.1 Å². The maximum Gasteiger partial charge on any atom is 0.261 e. The van der Waals surface area contributed by atoms with Crippen molar-refractivity contribution in [2.75, 3.05) is 10.0 Å². The Hall–Kier alpha value is -2.47. The summed E-state index contributed by atoms with van der Waals surface area (Å²) in [5, 5.41) is 4.68. The number of anilines is 2. The number of allylic oxidation sites excluding steroid dienone is 2. The Bertz CT molecular complexity index is 1390. The largest absolute Gasteiger partial charge is 0.378 e. The quantitative estimate of drug-likeness (QED) is 0.372. The van der Waals surface area contributed by atoms with Crippen molar-refractivity contribution in [3.63, 3.8) is 0 Å². The highest BCUT2D eigenvalue weighted by Crippen LogP contribution is 2.50. The zero-order valence-electron chi connectivity index (χ0n) is 18.3. The van der Waals surface area contributed by atoms with E-state index in [1.54, 1.807) is 18.2 Å². The first kappa shape index (κ1) is 22.3. The van der Waals surface area contributed by atoms with E-state index in [-0.39, 0.29) is 22.8 Å². The number of rotatable bonds is 4. The second kappa shape index (κ2) is 8.39. The summed E-state index contributed by atoms with van der Waals surface area (Å²) in [5.41, 5.74) is 5.57. The molecular weight excluding hydrogens is 475 g/mol. The second-order valence-corrected chi connectivity index (χ2v) is 11.3. The van der Waals surface area contributed by atoms with Crippen LogP contribution >= 0.6 is 23.2 Å². The molecule has 0 saturated heterocycles. The minimum Gasteiger partial charge on any atom is -0.378 e. The normalized spacial score (nSPS) is 21.3. The lowest BCUT2D eigenvalue weighted by atomic mass is 9.77. The lowest BCUT2D eigenvalue weighted by Crippen LogP contribution is -2.29. The van der Waals surface area contributed by atoms with Crippen LogP contribution in [0.2, 0.25) is 10.0 Å². The SMILES string of the molecule is Cc1ccc(NS(=O)(=O)c2ccc3c(c2)C2C=CCC2[C@@H](c2ccc(Cl)c(Cl)c2)N3)c(C)c1. The number of fused-ring (bicyclic) bond motifs is 3. The molecule has 33 heavy (non-hydrogen) atoms. The highest BCUT2D eigenvalue weighted by Gasteiger charge is 2.38. The van der Waals surface area contributed by atoms with E-state index < -0.39 is 10.0 Å². The van der Waals surface area contributed by atoms with E-state index in [4.69, 9.17) is 23.2 Å². The van der Waals surface area contributed by atoms with Gasteiger partial charge in [-0.25, -0.2) is 8.42 Å². The third-order valence-electron chi connectivity index (χ3n) is 6.57. The molecule has 1 aliphatic heterocycles. The van der Waals surface area contributed by atoms with Gasteiger partial charge in [0.15, 0.2) is 0 Å². The monoisotopic (exact) mass is 498 g/mol. The Morgan fingerprint density at radius 3 is 2.55 bits per heavy atom. The summed E-state index contributed by atoms with van der Waals surface area (Å²) in [4.78, 5) is 0.259. The van der Waals surface area contributed by atoms with Gasteiger partial charge in [-0.05, 0) is 79.3 Å². The second-order valence-electron chi connectivity index (χ2n) is 8.82. The molecule has 0 bridgehead atoms. The highest BCUT2D eigenvalue weighted by atomic mass is 35.5. The van der Waals surface area contributed by atoms with Crippen LogP contribution in [0.15, 0.2) is 71.6 Å². The molecule has 2 unspecified atom stereocenters. The summed E-state index contributed by atoms with van der Waals surface area (Å²) >= 11 is 12.4. The summed E-state index contributed by atoms with van der Waals surface area (Å²) in [6.45, 7) is 3.89. The van der Waals surface area contributed by atoms with Crippen molar-refractivity contribution in [2.45, 2.75) is 37.1 Å². The van der Waals surface area contributed by atoms with Gasteiger partial charge in [0.05, 0.1) is 26.7 Å². The smallest absolute Gasteiger partial charge is 0.261 e. The molecule has 1 heterocycles. The number of benzene rings is 3. The van der Waals surface area contributed by atoms with Gasteiger partial charge in [0, 0.05) is 11.6 Å². The first-order valence-corrected chi connectivity index (χ1v) is 13.1. The van der Waals surface area contributed by atoms with E-state index in [0.717, 1.165) is 34.4 Å². The molecule has 7 heteroatoms. The molecule has 1 aliphatic carbocycles. The fourth-order valence-corrected chi connectivity index (χ4v) is 6.38. The standard InChI is InChI=1S/C26H24Cl2N2O2S/c1-15-6-10-24(16(2)12-15)30-33(31,32)18-8-11-25-21(14-18)19-4-3-5-20(19)26(29-25)17-7-9-22(27)23(28)13-17/h3-4,6-14,19-20,26,29-30H,5H2,1-2H3/t19?,20?,26-/m1/s1. The lowest BCUT2D eigenvalue weighted by Gasteiger charge is -2.37. The van der Waals surface area contributed by atoms with Crippen LogP contribution in [0.5, 0.6) is 0 Å². The topological polar surface area (TPSA) is 58.2 Å². The summed E-state index contributed by atoms with van der Waals surface area (Å²) in [6.07, 6.45) is 5.26. The molecule has 0 fully saturated rings. The minimum atomic E-state index is -3.72. The summed E-state index contributed by atoms with van der Waals surface area (Å²) in [7, 11) is -3.72. The van der Waals surface area contributed by atoms with Crippen molar-refractivity contribution >= 4 is 44.6 Å². The van der Waals surface area contributed by atoms with Crippen LogP contribution < -0.4 is 10.0 Å². The molecular formula is C26H24Cl2N2O2S. The van der Waals surface area contributed by atoms with Gasteiger partial charge in [-0.15, -0.1) is 0 Å². The average molecular weight is 499 g/mol. The Morgan fingerprint density at radius 1 is 0.970 bits per heavy atom. The highest BCUT2D eigenvalue weighted by molar-refractivity contribution is 7.92. The van der Waals surface area contributed by atoms with Crippen molar-refractivity contribution in [1.82, 2.24) is 0 Å². The van der Waals surface area contributed by atoms with E-state index in [1.165, 1.54) is 0 Å². The predicted octanol–water partition coefficient (Wildman–Crippen LogP) is 7.24. The number of aryl methyl sites for hydroxylation is 2. The molecule has 5 rings (SSSR count). The molecule has 4 nitrogen and oxygen atoms in total. The Balaban J connectivity index is 1.49. The van der Waals surface area contributed by atoms with Gasteiger partial charge in [-0.2, -0.15) is 0 Å². The van der Waals surface area contributed by atoms with Crippen molar-refractivity contribution in [1.29, 1.82) is 0 Å². The zero-order valence-corrected chi connectivity index (χ0v) is 20.6. The van der Waals surface area contributed by atoms with Gasteiger partial charge in [0.2, 0.25) is 0 Å². The van der Waals surface area contributed by atoms with E-state index in [9.17, 15) is 8.42 Å². The first-order chi connectivity index (χ1) is 15.7. The first-order valence-electron chi connectivity index (χ1n) is 10.8. The van der Waals surface area contributed by atoms with Crippen LogP contribution in [0.3, 0.4) is 0 Å². The van der Waals surface area contributed by atoms with E-state index in [2.05, 4.69) is 22.2 Å². The summed E-state index contributed by atoms with van der Waals surface area (Å²) < 4.78 is 29.1. The molecule has 2 aliphatic rings. The molecule has 3 aromatic rings. The fraction of sp³-hybridized carbons (Fsp3) is 0.231. The summed E-state index contributed by atoms with van der Waals surface area (Å²) in [6, 6.07) is 16.8. The van der Waals surface area contributed by atoms with Crippen LogP contribution in [0.1, 0.15) is 40.6 Å². The van der Waals surface area contributed by atoms with E-state index >= 15 is 0 Å². The van der Waals surface area contributed by atoms with Crippen LogP contribution in [0, 0.1) is 19.8 Å². The summed E-state index contributed by atoms with van der Waals surface area (Å²) in [5.74, 6) is 0.386. The average Bonchev–Trinajstić information content (AvgIpc) is 3.27. The molecule has 3 atom stereocenters. The molecule has 0 aromatic heterocycles. The molecule has 0 radical (unpaired) electrons. The van der Waals surface area contributed by atoms with Gasteiger partial charge in [0.1, 0.15) is 0 Å². The van der Waals surface area contributed by atoms with E-state index in [0.29, 0.717) is 15.7 Å². The van der Waals surface area contributed by atoms with Gasteiger partial charge in [0.25, 0.3) is 10.0 Å². The molecule has 0 saturated carbocycles. The fourth-order valence-electron chi connectivity index (χ4n) is 4.91. The van der Waals surface area contributed by atoms with Crippen LogP contribution in [0.25, 0.3) is 0 Å². The number of halogens is 2. The van der Waals surface area contributed by atoms with Crippen molar-refractivity contribution in [2.24, 2.45) is 5.92 Å². The number of nitrogens with one attached hydrogen (secondary N) is 2. The van der Waals surface area contributed by atoms with Crippen molar-refractivity contribution < 1.29 is 8.42 Å². The van der Waals surface area contributed by atoms with E-state index in [1.807, 2.05) is 50.2 Å². The zero-order chi connectivity index (χ0) is 23.3. The maximum atomic E-state index is 13.2. The van der Waals surface area contributed by atoms with Crippen LogP contribution in [-0.2, 0) is 10.0 Å². The number of hydrogen-bond acceptors (Lipinski definition) is 3. The van der Waals surface area contributed by atoms with Crippen molar-refractivity contribution in [3.05, 3.63) is 99.0 Å². The van der Waals surface area contributed by atoms with Crippen molar-refractivity contribution in [3.8, 4) is 0 Å². The number of hydrogen-bond donors (Lipinski definition) is 2. The van der Waals surface area contributed by atoms with Gasteiger partial charge in [-0.3, -0.25) is 4.72 Å². The lowest BCUT2D eigenvalue weighted by molar-refractivity contribution is 0.425. The van der Waals surface area contributed by atoms with Crippen LogP contribution in [0.4, 0.5) is 11.4 Å². The van der Waals surface area contributed by atoms with Gasteiger partial charge >= 0.3 is 0 Å². The maximum absolute atomic E-state index is 13.2. The van der Waals surface area contributed by atoms with Gasteiger partial charge < -0.3 is 5.32 Å². The molecule has 170 valence electrons. The number of sulfonamides is 1. The molecule has 0 amide bonds. The Labute approximate surface area is 204 Å². The minimum absolute atomic E-state index is 0.0584. The third kappa shape index (κ3) is 4.14. The molecule has 2 N–H and O–H groups in total. The van der Waals surface area contributed by atoms with Crippen LogP contribution in [-0.4, -0.2) is 8.42 Å². The predicted molar refractivity (Wildman–Crippen MR) is 136 cm³/mol.